The van der Waals surface area contributed by atoms with Crippen LogP contribution in [0, 0.1) is 0 Å². The number of aromatic hydroxyl groups is 1. The van der Waals surface area contributed by atoms with Crippen LogP contribution in [-0.4, -0.2) is 23.3 Å². The van der Waals surface area contributed by atoms with Gasteiger partial charge in [0.1, 0.15) is 11.3 Å². The maximum Gasteiger partial charge on any atom is 0.343 e. The first-order valence-corrected chi connectivity index (χ1v) is 6.63. The average molecular weight is 312 g/mol. The SMILES string of the molecule is COc1c(C(=O)O)c(O)c(N=Nc2ccccc2)c2occc12. The molecule has 0 unspecified atom stereocenters. The van der Waals surface area contributed by atoms with E-state index in [1.165, 1.54) is 13.4 Å². The zero-order chi connectivity index (χ0) is 16.4. The molecule has 0 bridgehead atoms. The second-order valence-corrected chi connectivity index (χ2v) is 4.61. The third-order valence-corrected chi connectivity index (χ3v) is 3.25. The summed E-state index contributed by atoms with van der Waals surface area (Å²) >= 11 is 0. The first kappa shape index (κ1) is 14.6. The number of aromatic carboxylic acids is 1. The first-order chi connectivity index (χ1) is 11.1. The Kier molecular flexibility index (Phi) is 3.68. The van der Waals surface area contributed by atoms with Crippen LogP contribution in [0.5, 0.6) is 11.5 Å². The molecule has 3 aromatic rings. The van der Waals surface area contributed by atoms with Gasteiger partial charge in [0.05, 0.1) is 24.4 Å². The molecule has 23 heavy (non-hydrogen) atoms. The summed E-state index contributed by atoms with van der Waals surface area (Å²) in [6, 6.07) is 10.4. The van der Waals surface area contributed by atoms with E-state index in [0.717, 1.165) is 0 Å². The van der Waals surface area contributed by atoms with Gasteiger partial charge in [-0.25, -0.2) is 4.79 Å². The minimum atomic E-state index is -1.33. The maximum atomic E-state index is 11.5. The second-order valence-electron chi connectivity index (χ2n) is 4.61. The number of furan rings is 1. The van der Waals surface area contributed by atoms with E-state index >= 15 is 0 Å². The van der Waals surface area contributed by atoms with E-state index in [-0.39, 0.29) is 22.6 Å². The molecule has 0 amide bonds. The van der Waals surface area contributed by atoms with Crippen LogP contribution >= 0.6 is 0 Å². The van der Waals surface area contributed by atoms with E-state index in [2.05, 4.69) is 10.2 Å². The number of phenols is 1. The van der Waals surface area contributed by atoms with Crippen molar-refractivity contribution in [3.63, 3.8) is 0 Å². The van der Waals surface area contributed by atoms with Gasteiger partial charge in [-0.05, 0) is 18.2 Å². The molecule has 0 aliphatic heterocycles. The summed E-state index contributed by atoms with van der Waals surface area (Å²) in [5.41, 5.74) is 0.304. The predicted molar refractivity (Wildman–Crippen MR) is 82.0 cm³/mol. The Morgan fingerprint density at radius 2 is 1.91 bits per heavy atom. The predicted octanol–water partition coefficient (Wildman–Crippen LogP) is 4.26. The normalized spacial score (nSPS) is 11.2. The fourth-order valence-corrected chi connectivity index (χ4v) is 2.25. The molecule has 7 nitrogen and oxygen atoms in total. The summed E-state index contributed by atoms with van der Waals surface area (Å²) < 4.78 is 10.4. The van der Waals surface area contributed by atoms with Crippen LogP contribution in [0.25, 0.3) is 11.0 Å². The van der Waals surface area contributed by atoms with Crippen molar-refractivity contribution >= 4 is 28.3 Å². The fourth-order valence-electron chi connectivity index (χ4n) is 2.25. The Balaban J connectivity index is 2.24. The van der Waals surface area contributed by atoms with Crippen LogP contribution < -0.4 is 4.74 Å². The monoisotopic (exact) mass is 312 g/mol. The molecule has 2 N–H and O–H groups in total. The molecule has 0 fully saturated rings. The minimum Gasteiger partial charge on any atom is -0.505 e. The van der Waals surface area contributed by atoms with E-state index in [1.54, 1.807) is 30.3 Å². The highest BCUT2D eigenvalue weighted by Crippen LogP contribution is 2.46. The molecule has 2 aromatic carbocycles. The third-order valence-electron chi connectivity index (χ3n) is 3.25. The van der Waals surface area contributed by atoms with E-state index < -0.39 is 11.7 Å². The molecule has 1 aromatic heterocycles. The number of carbonyl (C=O) groups is 1. The summed E-state index contributed by atoms with van der Waals surface area (Å²) in [5.74, 6) is -1.88. The summed E-state index contributed by atoms with van der Waals surface area (Å²) in [5, 5.41) is 28.0. The van der Waals surface area contributed by atoms with Crippen LogP contribution in [-0.2, 0) is 0 Å². The van der Waals surface area contributed by atoms with Crippen molar-refractivity contribution < 1.29 is 24.2 Å². The number of azo groups is 1. The molecule has 0 spiro atoms. The lowest BCUT2D eigenvalue weighted by Crippen LogP contribution is -2.01. The molecule has 0 atom stereocenters. The van der Waals surface area contributed by atoms with Gasteiger partial charge in [0.25, 0.3) is 0 Å². The highest BCUT2D eigenvalue weighted by atomic mass is 16.5. The maximum absolute atomic E-state index is 11.5. The molecular formula is C16H12N2O5. The summed E-state index contributed by atoms with van der Waals surface area (Å²) in [6.07, 6.45) is 1.36. The topological polar surface area (TPSA) is 105 Å². The van der Waals surface area contributed by atoms with Crippen LogP contribution in [0.4, 0.5) is 11.4 Å². The zero-order valence-corrected chi connectivity index (χ0v) is 12.1. The number of nitrogens with zero attached hydrogens (tertiary/aromatic N) is 2. The van der Waals surface area contributed by atoms with Gasteiger partial charge in [0.15, 0.2) is 17.0 Å². The lowest BCUT2D eigenvalue weighted by atomic mass is 10.1. The summed E-state index contributed by atoms with van der Waals surface area (Å²) in [7, 11) is 1.32. The number of fused-ring (bicyclic) bond motifs is 1. The minimum absolute atomic E-state index is 0.0115. The van der Waals surface area contributed by atoms with Crippen molar-refractivity contribution in [1.29, 1.82) is 0 Å². The van der Waals surface area contributed by atoms with Crippen molar-refractivity contribution in [2.24, 2.45) is 10.2 Å². The molecule has 116 valence electrons. The smallest absolute Gasteiger partial charge is 0.343 e. The van der Waals surface area contributed by atoms with E-state index in [0.29, 0.717) is 11.1 Å². The summed E-state index contributed by atoms with van der Waals surface area (Å²) in [6.45, 7) is 0. The number of benzene rings is 2. The zero-order valence-electron chi connectivity index (χ0n) is 12.1. The van der Waals surface area contributed by atoms with Crippen molar-refractivity contribution in [2.45, 2.75) is 0 Å². The molecular weight excluding hydrogens is 300 g/mol. The van der Waals surface area contributed by atoms with Crippen molar-refractivity contribution in [3.05, 3.63) is 48.2 Å². The van der Waals surface area contributed by atoms with E-state index in [1.807, 2.05) is 6.07 Å². The van der Waals surface area contributed by atoms with Gasteiger partial charge in [-0.1, -0.05) is 18.2 Å². The van der Waals surface area contributed by atoms with Gasteiger partial charge in [-0.15, -0.1) is 5.11 Å². The number of hydrogen-bond donors (Lipinski definition) is 2. The van der Waals surface area contributed by atoms with Crippen LogP contribution in [0.2, 0.25) is 0 Å². The number of ether oxygens (including phenoxy) is 1. The average Bonchev–Trinajstić information content (AvgIpc) is 3.02. The largest absolute Gasteiger partial charge is 0.505 e. The molecule has 0 saturated heterocycles. The molecule has 1 heterocycles. The molecule has 0 aliphatic rings. The standard InChI is InChI=1S/C16H12N2O5/c1-22-14-10-7-8-23-15(10)12(13(19)11(14)16(20)21)18-17-9-5-3-2-4-6-9/h2-8,19H,1H3,(H,20,21). The molecule has 7 heteroatoms. The van der Waals surface area contributed by atoms with Gasteiger partial charge in [-0.3, -0.25) is 0 Å². The van der Waals surface area contributed by atoms with Crippen molar-refractivity contribution in [1.82, 2.24) is 0 Å². The Morgan fingerprint density at radius 3 is 2.57 bits per heavy atom. The van der Waals surface area contributed by atoms with Crippen molar-refractivity contribution in [2.75, 3.05) is 7.11 Å². The molecule has 0 radical (unpaired) electrons. The number of carboxylic acids is 1. The van der Waals surface area contributed by atoms with Crippen LogP contribution in [0.3, 0.4) is 0 Å². The Labute approximate surface area is 130 Å². The van der Waals surface area contributed by atoms with Crippen LogP contribution in [0.15, 0.2) is 57.3 Å². The van der Waals surface area contributed by atoms with Crippen LogP contribution in [0.1, 0.15) is 10.4 Å². The highest BCUT2D eigenvalue weighted by Gasteiger charge is 2.26. The lowest BCUT2D eigenvalue weighted by Gasteiger charge is -2.10. The van der Waals surface area contributed by atoms with Crippen molar-refractivity contribution in [3.8, 4) is 11.5 Å². The quantitative estimate of drug-likeness (QED) is 0.700. The first-order valence-electron chi connectivity index (χ1n) is 6.63. The fraction of sp³-hybridized carbons (Fsp3) is 0.0625. The Bertz CT molecular complexity index is 900. The van der Waals surface area contributed by atoms with Gasteiger partial charge in [0.2, 0.25) is 0 Å². The molecule has 0 aliphatic carbocycles. The van der Waals surface area contributed by atoms with E-state index in [4.69, 9.17) is 9.15 Å². The Morgan fingerprint density at radius 1 is 1.17 bits per heavy atom. The molecule has 0 saturated carbocycles. The lowest BCUT2D eigenvalue weighted by molar-refractivity contribution is 0.0690. The summed E-state index contributed by atoms with van der Waals surface area (Å²) in [4.78, 5) is 11.5. The highest BCUT2D eigenvalue weighted by molar-refractivity contribution is 6.07. The number of rotatable bonds is 4. The van der Waals surface area contributed by atoms with Gasteiger partial charge >= 0.3 is 5.97 Å². The van der Waals surface area contributed by atoms with Gasteiger partial charge in [-0.2, -0.15) is 5.11 Å². The molecule has 3 rings (SSSR count). The van der Waals surface area contributed by atoms with Gasteiger partial charge in [0, 0.05) is 0 Å². The van der Waals surface area contributed by atoms with Gasteiger partial charge < -0.3 is 19.4 Å². The second kappa shape index (κ2) is 5.80. The Hall–Kier alpha value is -3.35. The number of hydrogen-bond acceptors (Lipinski definition) is 6. The number of carboxylic acid groups (broad SMARTS) is 1. The number of methoxy groups -OCH3 is 1. The van der Waals surface area contributed by atoms with E-state index in [9.17, 15) is 15.0 Å². The third kappa shape index (κ3) is 2.48.